The molecule has 0 spiro atoms. The highest BCUT2D eigenvalue weighted by molar-refractivity contribution is 6.31. The first-order chi connectivity index (χ1) is 22.0. The first kappa shape index (κ1) is 37.9. The normalized spacial score (nSPS) is 21.8. The second-order valence-corrected chi connectivity index (χ2v) is 12.6. The molecule has 6 nitrogen and oxygen atoms in total. The van der Waals surface area contributed by atoms with Crippen molar-refractivity contribution in [2.45, 2.75) is 136 Å². The van der Waals surface area contributed by atoms with Gasteiger partial charge >= 0.3 is 0 Å². The highest BCUT2D eigenvalue weighted by Crippen LogP contribution is 2.40. The Labute approximate surface area is 278 Å². The highest BCUT2D eigenvalue weighted by Gasteiger charge is 2.49. The van der Waals surface area contributed by atoms with Gasteiger partial charge in [0.05, 0.1) is 13.2 Å². The van der Waals surface area contributed by atoms with E-state index in [4.69, 9.17) is 35.3 Å². The van der Waals surface area contributed by atoms with E-state index in [1.165, 1.54) is 11.1 Å². The number of benzene rings is 2. The minimum Gasteiger partial charge on any atom is -0.392 e. The van der Waals surface area contributed by atoms with Crippen LogP contribution < -0.4 is 0 Å². The summed E-state index contributed by atoms with van der Waals surface area (Å²) in [5, 5.41) is 11.2. The molecule has 0 radical (unpaired) electrons. The number of hydrogen-bond acceptors (Lipinski definition) is 6. The molecule has 0 saturated carbocycles. The molecule has 0 aliphatic carbocycles. The Morgan fingerprint density at radius 1 is 0.689 bits per heavy atom. The van der Waals surface area contributed by atoms with Gasteiger partial charge in [-0.25, -0.2) is 0 Å². The molecule has 3 rings (SSSR count). The molecule has 45 heavy (non-hydrogen) atoms. The summed E-state index contributed by atoms with van der Waals surface area (Å²) in [5.41, 5.74) is 5.11. The second-order valence-electron chi connectivity index (χ2n) is 12.2. The molecule has 0 aromatic heterocycles. The minimum absolute atomic E-state index is 0.155. The molecule has 1 saturated heterocycles. The lowest BCUT2D eigenvalue weighted by Gasteiger charge is -2.47. The number of aliphatic hydroxyl groups is 1. The van der Waals surface area contributed by atoms with Crippen LogP contribution >= 0.6 is 11.6 Å². The van der Waals surface area contributed by atoms with E-state index < -0.39 is 12.2 Å². The van der Waals surface area contributed by atoms with Gasteiger partial charge in [0.2, 0.25) is 0 Å². The maximum Gasteiger partial charge on any atom is 0.117 e. The third-order valence-corrected chi connectivity index (χ3v) is 8.95. The maximum atomic E-state index is 10.6. The van der Waals surface area contributed by atoms with Crippen molar-refractivity contribution in [1.29, 1.82) is 0 Å². The van der Waals surface area contributed by atoms with Gasteiger partial charge in [-0.1, -0.05) is 102 Å². The van der Waals surface area contributed by atoms with Crippen LogP contribution in [0, 0.1) is 0 Å². The molecule has 1 aliphatic heterocycles. The monoisotopic (exact) mass is 646 g/mol. The molecular weight excluding hydrogens is 588 g/mol. The van der Waals surface area contributed by atoms with Crippen LogP contribution in [0.3, 0.4) is 0 Å². The van der Waals surface area contributed by atoms with E-state index in [9.17, 15) is 5.11 Å². The highest BCUT2D eigenvalue weighted by atomic mass is 35.5. The second kappa shape index (κ2) is 21.4. The molecule has 1 fully saturated rings. The van der Waals surface area contributed by atoms with Crippen molar-refractivity contribution in [1.82, 2.24) is 0 Å². The van der Waals surface area contributed by atoms with Gasteiger partial charge in [-0.2, -0.15) is 0 Å². The molecule has 2 aromatic rings. The SMILES string of the molecule is CCCCOC[C@H]1O[C@@H](c2cc(Cc3ccc(CC)cc3)c(Cl)cc2CO)[C@H](OCCCC)[C@@H](OCCCC)[C@@H]1OCCCC. The summed E-state index contributed by atoms with van der Waals surface area (Å²) in [7, 11) is 0. The zero-order chi connectivity index (χ0) is 32.4. The van der Waals surface area contributed by atoms with Crippen molar-refractivity contribution in [3.8, 4) is 0 Å². The van der Waals surface area contributed by atoms with Crippen molar-refractivity contribution in [2.75, 3.05) is 33.0 Å². The molecule has 1 heterocycles. The number of rotatable bonds is 22. The van der Waals surface area contributed by atoms with Crippen LogP contribution in [0.25, 0.3) is 0 Å². The Kier molecular flexibility index (Phi) is 18.0. The molecule has 0 bridgehead atoms. The summed E-state index contributed by atoms with van der Waals surface area (Å²) in [4.78, 5) is 0. The Balaban J connectivity index is 2.06. The lowest BCUT2D eigenvalue weighted by Crippen LogP contribution is -2.58. The minimum atomic E-state index is -0.486. The molecular formula is C38H59ClO6. The van der Waals surface area contributed by atoms with Crippen molar-refractivity contribution >= 4 is 11.6 Å². The number of halogens is 1. The fourth-order valence-corrected chi connectivity index (χ4v) is 5.99. The van der Waals surface area contributed by atoms with Gasteiger partial charge < -0.3 is 28.8 Å². The van der Waals surface area contributed by atoms with Gasteiger partial charge in [0.1, 0.15) is 30.5 Å². The molecule has 5 atom stereocenters. The van der Waals surface area contributed by atoms with Crippen LogP contribution in [0.1, 0.15) is 120 Å². The first-order valence-corrected chi connectivity index (χ1v) is 18.0. The number of aliphatic hydroxyl groups excluding tert-OH is 1. The predicted octanol–water partition coefficient (Wildman–Crippen LogP) is 8.80. The number of hydrogen-bond donors (Lipinski definition) is 1. The molecule has 254 valence electrons. The predicted molar refractivity (Wildman–Crippen MR) is 183 cm³/mol. The van der Waals surface area contributed by atoms with Crippen molar-refractivity contribution in [2.24, 2.45) is 0 Å². The van der Waals surface area contributed by atoms with E-state index in [1.54, 1.807) is 0 Å². The Morgan fingerprint density at radius 3 is 1.82 bits per heavy atom. The van der Waals surface area contributed by atoms with Crippen LogP contribution in [0.5, 0.6) is 0 Å². The fraction of sp³-hybridized carbons (Fsp3) is 0.684. The van der Waals surface area contributed by atoms with Gasteiger partial charge in [-0.3, -0.25) is 0 Å². The third kappa shape index (κ3) is 11.6. The molecule has 0 amide bonds. The number of aryl methyl sites for hydroxylation is 1. The van der Waals surface area contributed by atoms with E-state index in [-0.39, 0.29) is 24.9 Å². The molecule has 2 aromatic carbocycles. The van der Waals surface area contributed by atoms with Gasteiger partial charge in [-0.15, -0.1) is 0 Å². The van der Waals surface area contributed by atoms with Crippen molar-refractivity contribution < 1.29 is 28.8 Å². The van der Waals surface area contributed by atoms with E-state index in [2.05, 4.69) is 65.0 Å². The molecule has 0 unspecified atom stereocenters. The zero-order valence-electron chi connectivity index (χ0n) is 28.5. The fourth-order valence-electron chi connectivity index (χ4n) is 5.74. The van der Waals surface area contributed by atoms with Gasteiger partial charge in [0.25, 0.3) is 0 Å². The molecule has 1 N–H and O–H groups in total. The van der Waals surface area contributed by atoms with Crippen LogP contribution in [-0.2, 0) is 43.1 Å². The summed E-state index contributed by atoms with van der Waals surface area (Å²) in [6.07, 6.45) is 7.73. The first-order valence-electron chi connectivity index (χ1n) is 17.6. The van der Waals surface area contributed by atoms with E-state index in [0.717, 1.165) is 74.5 Å². The van der Waals surface area contributed by atoms with Crippen LogP contribution in [0.15, 0.2) is 36.4 Å². The van der Waals surface area contributed by atoms with E-state index in [1.807, 2.05) is 6.07 Å². The van der Waals surface area contributed by atoms with Crippen LogP contribution in [-0.4, -0.2) is 62.6 Å². The smallest absolute Gasteiger partial charge is 0.117 e. The largest absolute Gasteiger partial charge is 0.392 e. The molecule has 7 heteroatoms. The van der Waals surface area contributed by atoms with Crippen LogP contribution in [0.2, 0.25) is 5.02 Å². The van der Waals surface area contributed by atoms with Gasteiger partial charge in [0.15, 0.2) is 0 Å². The lowest BCUT2D eigenvalue weighted by atomic mass is 9.87. The molecule has 1 aliphatic rings. The average molecular weight is 647 g/mol. The number of unbranched alkanes of at least 4 members (excludes halogenated alkanes) is 4. The number of ether oxygens (including phenoxy) is 5. The third-order valence-electron chi connectivity index (χ3n) is 8.59. The average Bonchev–Trinajstić information content (AvgIpc) is 3.05. The Hall–Kier alpha value is -1.51. The zero-order valence-corrected chi connectivity index (χ0v) is 29.3. The van der Waals surface area contributed by atoms with Gasteiger partial charge in [-0.05, 0) is 72.4 Å². The van der Waals surface area contributed by atoms with Gasteiger partial charge in [0, 0.05) is 31.5 Å². The maximum absolute atomic E-state index is 10.6. The van der Waals surface area contributed by atoms with Crippen molar-refractivity contribution in [3.63, 3.8) is 0 Å². The lowest BCUT2D eigenvalue weighted by molar-refractivity contribution is -0.268. The Bertz CT molecular complexity index is 1080. The quantitative estimate of drug-likeness (QED) is 0.129. The van der Waals surface area contributed by atoms with E-state index >= 15 is 0 Å². The summed E-state index contributed by atoms with van der Waals surface area (Å²) < 4.78 is 33.1. The van der Waals surface area contributed by atoms with Crippen molar-refractivity contribution in [3.05, 3.63) is 69.2 Å². The standard InChI is InChI=1S/C38H59ClO6/c1-6-11-19-41-27-34-36(42-20-12-7-2)38(44-22-14-9-4)37(43-21-13-8-3)35(45-34)32-24-30(33(39)25-31(32)26-40)23-29-17-15-28(10-5)16-18-29/h15-18,24-25,34-38,40H,6-14,19-23,26-27H2,1-5H3/t34-,35+,36-,37+,38+/m1/s1. The van der Waals surface area contributed by atoms with Crippen LogP contribution in [0.4, 0.5) is 0 Å². The summed E-state index contributed by atoms with van der Waals surface area (Å²) >= 11 is 6.85. The summed E-state index contributed by atoms with van der Waals surface area (Å²) in [6.45, 7) is 13.6. The summed E-state index contributed by atoms with van der Waals surface area (Å²) in [6, 6.07) is 12.7. The van der Waals surface area contributed by atoms with E-state index in [0.29, 0.717) is 44.5 Å². The Morgan fingerprint density at radius 2 is 1.24 bits per heavy atom. The summed E-state index contributed by atoms with van der Waals surface area (Å²) in [5.74, 6) is 0. The topological polar surface area (TPSA) is 66.4 Å².